The molecule has 0 aliphatic rings. The van der Waals surface area contributed by atoms with Gasteiger partial charge in [-0.1, -0.05) is 19.0 Å². The van der Waals surface area contributed by atoms with Crippen LogP contribution in [0.4, 0.5) is 0 Å². The van der Waals surface area contributed by atoms with Gasteiger partial charge in [-0.3, -0.25) is 4.98 Å². The van der Waals surface area contributed by atoms with Crippen molar-refractivity contribution in [2.45, 2.75) is 39.7 Å². The van der Waals surface area contributed by atoms with E-state index in [1.165, 1.54) is 0 Å². The first-order chi connectivity index (χ1) is 9.58. The van der Waals surface area contributed by atoms with E-state index in [-0.39, 0.29) is 0 Å². The molecule has 2 aromatic heterocycles. The highest BCUT2D eigenvalue weighted by Gasteiger charge is 2.15. The van der Waals surface area contributed by atoms with Crippen molar-refractivity contribution in [2.75, 3.05) is 7.05 Å². The number of likely N-dealkylation sites (N-methyl/N-ethyl adjacent to an activating group) is 1. The Labute approximate surface area is 119 Å². The van der Waals surface area contributed by atoms with Gasteiger partial charge in [0.05, 0.1) is 0 Å². The fourth-order valence-electron chi connectivity index (χ4n) is 2.18. The van der Waals surface area contributed by atoms with Crippen LogP contribution in [0.5, 0.6) is 0 Å². The van der Waals surface area contributed by atoms with E-state index in [0.29, 0.717) is 23.7 Å². The smallest absolute Gasteiger partial charge is 0.228 e. The Morgan fingerprint density at radius 3 is 2.80 bits per heavy atom. The number of nitrogens with zero attached hydrogens (tertiary/aromatic N) is 3. The maximum Gasteiger partial charge on any atom is 0.228 e. The highest BCUT2D eigenvalue weighted by molar-refractivity contribution is 5.48. The third-order valence-corrected chi connectivity index (χ3v) is 3.20. The summed E-state index contributed by atoms with van der Waals surface area (Å²) in [5.74, 6) is 1.85. The van der Waals surface area contributed by atoms with Gasteiger partial charge in [-0.05, 0) is 44.0 Å². The number of pyridine rings is 1. The number of nitrogens with one attached hydrogen (secondary N) is 1. The second-order valence-corrected chi connectivity index (χ2v) is 5.55. The molecule has 0 aliphatic carbocycles. The van der Waals surface area contributed by atoms with E-state index in [2.05, 4.69) is 34.3 Å². The molecule has 0 radical (unpaired) electrons. The van der Waals surface area contributed by atoms with Gasteiger partial charge >= 0.3 is 0 Å². The highest BCUT2D eigenvalue weighted by atomic mass is 16.5. The Hall–Kier alpha value is -1.75. The van der Waals surface area contributed by atoms with Crippen LogP contribution in [0, 0.1) is 12.8 Å². The maximum absolute atomic E-state index is 5.33. The predicted molar refractivity (Wildman–Crippen MR) is 78.3 cm³/mol. The molecule has 5 nitrogen and oxygen atoms in total. The number of hydrogen-bond donors (Lipinski definition) is 1. The molecule has 20 heavy (non-hydrogen) atoms. The van der Waals surface area contributed by atoms with Gasteiger partial charge in [-0.15, -0.1) is 0 Å². The molecule has 5 heteroatoms. The molecule has 0 saturated carbocycles. The first-order valence-corrected chi connectivity index (χ1v) is 7.01. The predicted octanol–water partition coefficient (Wildman–Crippen LogP) is 2.62. The molecule has 0 amide bonds. The molecule has 0 aromatic carbocycles. The van der Waals surface area contributed by atoms with E-state index in [4.69, 9.17) is 4.52 Å². The summed E-state index contributed by atoms with van der Waals surface area (Å²) in [5.41, 5.74) is 1.89. The van der Waals surface area contributed by atoms with Crippen molar-refractivity contribution in [1.82, 2.24) is 20.4 Å². The second kappa shape index (κ2) is 6.61. The molecular formula is C15H22N4O. The Morgan fingerprint density at radius 1 is 1.35 bits per heavy atom. The van der Waals surface area contributed by atoms with E-state index in [9.17, 15) is 0 Å². The number of aromatic nitrogens is 3. The van der Waals surface area contributed by atoms with E-state index in [1.807, 2.05) is 26.1 Å². The van der Waals surface area contributed by atoms with Crippen molar-refractivity contribution in [3.8, 4) is 11.5 Å². The van der Waals surface area contributed by atoms with Crippen LogP contribution in [-0.2, 0) is 6.42 Å². The summed E-state index contributed by atoms with van der Waals surface area (Å²) in [5, 5.41) is 7.31. The lowest BCUT2D eigenvalue weighted by Crippen LogP contribution is -2.29. The monoisotopic (exact) mass is 274 g/mol. The Balaban J connectivity index is 2.09. The van der Waals surface area contributed by atoms with Crippen molar-refractivity contribution >= 4 is 0 Å². The lowest BCUT2D eigenvalue weighted by Gasteiger charge is -2.15. The van der Waals surface area contributed by atoms with Crippen LogP contribution in [-0.4, -0.2) is 28.2 Å². The normalized spacial score (nSPS) is 12.8. The van der Waals surface area contributed by atoms with Crippen LogP contribution in [0.15, 0.2) is 22.9 Å². The van der Waals surface area contributed by atoms with Crippen LogP contribution >= 0.6 is 0 Å². The SMILES string of the molecule is CNC(Cc1nc(-c2cc(C)ccn2)no1)CC(C)C. The quantitative estimate of drug-likeness (QED) is 0.877. The lowest BCUT2D eigenvalue weighted by atomic mass is 10.0. The average Bonchev–Trinajstić information content (AvgIpc) is 2.86. The van der Waals surface area contributed by atoms with Gasteiger partial charge in [0.2, 0.25) is 11.7 Å². The molecule has 1 unspecified atom stereocenters. The van der Waals surface area contributed by atoms with Gasteiger partial charge in [0.1, 0.15) is 5.69 Å². The molecule has 1 N–H and O–H groups in total. The molecule has 0 bridgehead atoms. The van der Waals surface area contributed by atoms with E-state index in [1.54, 1.807) is 6.20 Å². The van der Waals surface area contributed by atoms with Crippen molar-refractivity contribution in [3.63, 3.8) is 0 Å². The zero-order valence-corrected chi connectivity index (χ0v) is 12.6. The van der Waals surface area contributed by atoms with Gasteiger partial charge in [0.25, 0.3) is 0 Å². The molecule has 0 spiro atoms. The standard InChI is InChI=1S/C15H22N4O/c1-10(2)7-12(16-4)9-14-18-15(19-20-14)13-8-11(3)5-6-17-13/h5-6,8,10,12,16H,7,9H2,1-4H3. The van der Waals surface area contributed by atoms with E-state index < -0.39 is 0 Å². The van der Waals surface area contributed by atoms with Crippen molar-refractivity contribution < 1.29 is 4.52 Å². The molecule has 0 fully saturated rings. The summed E-state index contributed by atoms with van der Waals surface area (Å²) >= 11 is 0. The van der Waals surface area contributed by atoms with Gasteiger partial charge in [0.15, 0.2) is 0 Å². The average molecular weight is 274 g/mol. The minimum Gasteiger partial charge on any atom is -0.339 e. The highest BCUT2D eigenvalue weighted by Crippen LogP contribution is 2.16. The Morgan fingerprint density at radius 2 is 2.15 bits per heavy atom. The van der Waals surface area contributed by atoms with Crippen molar-refractivity contribution in [1.29, 1.82) is 0 Å². The molecular weight excluding hydrogens is 252 g/mol. The van der Waals surface area contributed by atoms with Gasteiger partial charge in [-0.2, -0.15) is 4.98 Å². The summed E-state index contributed by atoms with van der Waals surface area (Å²) in [6.45, 7) is 6.44. The minimum atomic E-state index is 0.355. The van der Waals surface area contributed by atoms with Crippen LogP contribution in [0.25, 0.3) is 11.5 Å². The first kappa shape index (κ1) is 14.7. The van der Waals surface area contributed by atoms with Gasteiger partial charge < -0.3 is 9.84 Å². The molecule has 2 rings (SSSR count). The molecule has 108 valence electrons. The van der Waals surface area contributed by atoms with E-state index in [0.717, 1.165) is 24.1 Å². The van der Waals surface area contributed by atoms with Crippen molar-refractivity contribution in [3.05, 3.63) is 29.8 Å². The molecule has 0 aliphatic heterocycles. The zero-order valence-electron chi connectivity index (χ0n) is 12.6. The summed E-state index contributed by atoms with van der Waals surface area (Å²) < 4.78 is 5.33. The largest absolute Gasteiger partial charge is 0.339 e. The maximum atomic E-state index is 5.33. The molecule has 2 aromatic rings. The summed E-state index contributed by atoms with van der Waals surface area (Å²) in [7, 11) is 1.96. The Kier molecular flexibility index (Phi) is 4.84. The van der Waals surface area contributed by atoms with E-state index >= 15 is 0 Å². The fourth-order valence-corrected chi connectivity index (χ4v) is 2.18. The topological polar surface area (TPSA) is 63.8 Å². The summed E-state index contributed by atoms with van der Waals surface area (Å²) in [4.78, 5) is 8.71. The van der Waals surface area contributed by atoms with Crippen molar-refractivity contribution in [2.24, 2.45) is 5.92 Å². The third kappa shape index (κ3) is 3.87. The summed E-state index contributed by atoms with van der Waals surface area (Å²) in [6, 6.07) is 4.26. The third-order valence-electron chi connectivity index (χ3n) is 3.20. The number of hydrogen-bond acceptors (Lipinski definition) is 5. The zero-order chi connectivity index (χ0) is 14.5. The summed E-state index contributed by atoms with van der Waals surface area (Å²) in [6.07, 6.45) is 3.58. The molecule has 0 saturated heterocycles. The fraction of sp³-hybridized carbons (Fsp3) is 0.533. The first-order valence-electron chi connectivity index (χ1n) is 7.01. The van der Waals surface area contributed by atoms with Crippen LogP contribution in [0.1, 0.15) is 31.7 Å². The second-order valence-electron chi connectivity index (χ2n) is 5.55. The number of rotatable bonds is 6. The van der Waals surface area contributed by atoms with Crippen LogP contribution < -0.4 is 5.32 Å². The van der Waals surface area contributed by atoms with Crippen LogP contribution in [0.2, 0.25) is 0 Å². The number of aryl methyl sites for hydroxylation is 1. The Bertz CT molecular complexity index is 550. The molecule has 1 atom stereocenters. The minimum absolute atomic E-state index is 0.355. The lowest BCUT2D eigenvalue weighted by molar-refractivity contribution is 0.345. The molecule has 2 heterocycles. The van der Waals surface area contributed by atoms with Crippen LogP contribution in [0.3, 0.4) is 0 Å². The van der Waals surface area contributed by atoms with Gasteiger partial charge in [-0.25, -0.2) is 0 Å². The van der Waals surface area contributed by atoms with Gasteiger partial charge in [0, 0.05) is 18.7 Å².